The molecule has 0 N–H and O–H groups in total. The maximum Gasteiger partial charge on any atom is 0.219 e. The Balaban J connectivity index is 1.67. The first-order valence-electron chi connectivity index (χ1n) is 8.02. The van der Waals surface area contributed by atoms with Gasteiger partial charge in [0.1, 0.15) is 5.75 Å². The number of hydrogen-bond donors (Lipinski definition) is 0. The van der Waals surface area contributed by atoms with E-state index >= 15 is 0 Å². The van der Waals surface area contributed by atoms with Gasteiger partial charge in [-0.15, -0.1) is 0 Å². The van der Waals surface area contributed by atoms with Gasteiger partial charge in [0.2, 0.25) is 5.88 Å². The van der Waals surface area contributed by atoms with E-state index in [1.807, 2.05) is 18.3 Å². The molecule has 0 spiro atoms. The van der Waals surface area contributed by atoms with Crippen molar-refractivity contribution in [2.45, 2.75) is 25.9 Å². The van der Waals surface area contributed by atoms with Crippen molar-refractivity contribution in [3.8, 4) is 11.6 Å². The monoisotopic (exact) mass is 364 g/mol. The summed E-state index contributed by atoms with van der Waals surface area (Å²) in [6.07, 6.45) is 1.84. The molecule has 0 aliphatic carbocycles. The first-order chi connectivity index (χ1) is 11.5. The zero-order chi connectivity index (χ0) is 17.1. The molecule has 1 fully saturated rings. The van der Waals surface area contributed by atoms with Crippen LogP contribution in [0.1, 0.15) is 25.5 Å². The van der Waals surface area contributed by atoms with E-state index in [-0.39, 0.29) is 6.04 Å². The minimum absolute atomic E-state index is 0.174. The maximum absolute atomic E-state index is 6.00. The van der Waals surface area contributed by atoms with Crippen molar-refractivity contribution in [2.75, 3.05) is 19.6 Å². The zero-order valence-electron chi connectivity index (χ0n) is 13.7. The Kier molecular flexibility index (Phi) is 5.61. The largest absolute Gasteiger partial charge is 0.439 e. The second-order valence-electron chi connectivity index (χ2n) is 6.12. The van der Waals surface area contributed by atoms with E-state index in [0.29, 0.717) is 27.7 Å². The number of halogens is 2. The Bertz CT molecular complexity index is 691. The topological polar surface area (TPSA) is 39.5 Å². The van der Waals surface area contributed by atoms with Crippen molar-refractivity contribution in [3.05, 3.63) is 52.1 Å². The number of ether oxygens (including phenoxy) is 1. The highest BCUT2D eigenvalue weighted by Gasteiger charge is 2.23. The van der Waals surface area contributed by atoms with E-state index in [1.54, 1.807) is 18.2 Å². The van der Waals surface area contributed by atoms with Crippen LogP contribution in [0.4, 0.5) is 0 Å². The molecule has 1 aliphatic heterocycles. The molecule has 1 unspecified atom stereocenters. The second-order valence-corrected chi connectivity index (χ2v) is 6.93. The summed E-state index contributed by atoms with van der Waals surface area (Å²) < 4.78 is 5.72. The highest BCUT2D eigenvalue weighted by Crippen LogP contribution is 2.29. The molecule has 3 rings (SSSR count). The molecule has 2 aromatic rings. The average molecular weight is 365 g/mol. The third-order valence-electron chi connectivity index (χ3n) is 4.13. The van der Waals surface area contributed by atoms with Gasteiger partial charge in [0.05, 0.1) is 16.1 Å². The number of aromatic nitrogens is 1. The summed E-state index contributed by atoms with van der Waals surface area (Å²) in [6, 6.07) is 9.74. The molecule has 1 atom stereocenters. The van der Waals surface area contributed by atoms with Gasteiger partial charge < -0.3 is 4.74 Å². The lowest BCUT2D eigenvalue weighted by atomic mass is 10.1. The van der Waals surface area contributed by atoms with E-state index in [1.165, 1.54) is 0 Å². The first kappa shape index (κ1) is 17.5. The number of nitrogens with zero attached hydrogens (tertiary/aromatic N) is 3. The molecule has 0 amide bonds. The lowest BCUT2D eigenvalue weighted by Gasteiger charge is -2.35. The lowest BCUT2D eigenvalue weighted by Crippen LogP contribution is -2.45. The lowest BCUT2D eigenvalue weighted by molar-refractivity contribution is 0.159. The normalized spacial score (nSPS) is 18.8. The fourth-order valence-electron chi connectivity index (χ4n) is 2.70. The maximum atomic E-state index is 6.00. The van der Waals surface area contributed by atoms with E-state index in [4.69, 9.17) is 33.3 Å². The van der Waals surface area contributed by atoms with Crippen LogP contribution in [0, 0.1) is 0 Å². The SMILES string of the molecule is CC(C)N1CC[N]C(c2ccc(Oc3ccc(Cl)c(Cl)c3)nc2)C1. The summed E-state index contributed by atoms with van der Waals surface area (Å²) in [5.74, 6) is 1.13. The van der Waals surface area contributed by atoms with Gasteiger partial charge in [-0.25, -0.2) is 10.3 Å². The summed E-state index contributed by atoms with van der Waals surface area (Å²) >= 11 is 11.9. The fraction of sp³-hybridized carbons (Fsp3) is 0.389. The highest BCUT2D eigenvalue weighted by molar-refractivity contribution is 6.42. The van der Waals surface area contributed by atoms with Crippen LogP contribution in [0.2, 0.25) is 10.0 Å². The number of rotatable bonds is 4. The van der Waals surface area contributed by atoms with Gasteiger partial charge in [-0.05, 0) is 31.5 Å². The molecule has 6 heteroatoms. The van der Waals surface area contributed by atoms with Gasteiger partial charge in [-0.1, -0.05) is 29.3 Å². The minimum atomic E-state index is 0.174. The molecule has 127 valence electrons. The third-order valence-corrected chi connectivity index (χ3v) is 4.87. The Morgan fingerprint density at radius 1 is 1.17 bits per heavy atom. The van der Waals surface area contributed by atoms with Crippen LogP contribution >= 0.6 is 23.2 Å². The van der Waals surface area contributed by atoms with Crippen molar-refractivity contribution in [1.29, 1.82) is 0 Å². The van der Waals surface area contributed by atoms with E-state index < -0.39 is 0 Å². The summed E-state index contributed by atoms with van der Waals surface area (Å²) in [5.41, 5.74) is 1.11. The third kappa shape index (κ3) is 4.19. The van der Waals surface area contributed by atoms with Crippen molar-refractivity contribution < 1.29 is 4.74 Å². The molecule has 1 radical (unpaired) electrons. The summed E-state index contributed by atoms with van der Waals surface area (Å²) in [4.78, 5) is 6.84. The van der Waals surface area contributed by atoms with Gasteiger partial charge in [0.25, 0.3) is 0 Å². The molecule has 0 bridgehead atoms. The zero-order valence-corrected chi connectivity index (χ0v) is 15.3. The van der Waals surface area contributed by atoms with Crippen molar-refractivity contribution >= 4 is 23.2 Å². The quantitative estimate of drug-likeness (QED) is 0.798. The van der Waals surface area contributed by atoms with Crippen LogP contribution in [-0.4, -0.2) is 35.6 Å². The molecule has 4 nitrogen and oxygen atoms in total. The summed E-state index contributed by atoms with van der Waals surface area (Å²) in [6.45, 7) is 7.26. The Hall–Kier alpha value is -1.33. The molecule has 1 aromatic heterocycles. The van der Waals surface area contributed by atoms with Crippen LogP contribution < -0.4 is 10.1 Å². The number of pyridine rings is 1. The van der Waals surface area contributed by atoms with Gasteiger partial charge in [0.15, 0.2) is 0 Å². The van der Waals surface area contributed by atoms with Gasteiger partial charge >= 0.3 is 0 Å². The molecule has 1 aliphatic rings. The molecule has 1 saturated heterocycles. The van der Waals surface area contributed by atoms with Crippen LogP contribution in [0.5, 0.6) is 11.6 Å². The Labute approximate surface area is 152 Å². The first-order valence-corrected chi connectivity index (χ1v) is 8.78. The van der Waals surface area contributed by atoms with Crippen LogP contribution in [0.25, 0.3) is 0 Å². The average Bonchev–Trinajstić information content (AvgIpc) is 2.59. The Morgan fingerprint density at radius 3 is 2.67 bits per heavy atom. The smallest absolute Gasteiger partial charge is 0.219 e. The van der Waals surface area contributed by atoms with E-state index in [0.717, 1.165) is 25.2 Å². The minimum Gasteiger partial charge on any atom is -0.439 e. The van der Waals surface area contributed by atoms with Gasteiger partial charge in [-0.3, -0.25) is 4.90 Å². The number of benzene rings is 1. The fourth-order valence-corrected chi connectivity index (χ4v) is 2.99. The van der Waals surface area contributed by atoms with Crippen LogP contribution in [0.3, 0.4) is 0 Å². The predicted octanol–water partition coefficient (Wildman–Crippen LogP) is 4.55. The molecule has 0 saturated carbocycles. The van der Waals surface area contributed by atoms with Crippen LogP contribution in [0.15, 0.2) is 36.5 Å². The molecule has 24 heavy (non-hydrogen) atoms. The number of piperazine rings is 1. The van der Waals surface area contributed by atoms with Gasteiger partial charge in [-0.2, -0.15) is 0 Å². The summed E-state index contributed by atoms with van der Waals surface area (Å²) in [7, 11) is 0. The standard InChI is InChI=1S/C18H20Cl2N3O/c1-12(2)23-8-7-21-17(11-23)13-3-6-18(22-10-13)24-14-4-5-15(19)16(20)9-14/h3-6,9-10,12,17H,7-8,11H2,1-2H3. The Morgan fingerprint density at radius 2 is 2.00 bits per heavy atom. The number of hydrogen-bond acceptors (Lipinski definition) is 3. The highest BCUT2D eigenvalue weighted by atomic mass is 35.5. The molecular formula is C18H20Cl2N3O. The summed E-state index contributed by atoms with van der Waals surface area (Å²) in [5, 5.41) is 5.67. The van der Waals surface area contributed by atoms with Crippen molar-refractivity contribution in [2.24, 2.45) is 0 Å². The second kappa shape index (κ2) is 7.70. The van der Waals surface area contributed by atoms with Crippen LogP contribution in [-0.2, 0) is 0 Å². The van der Waals surface area contributed by atoms with E-state index in [9.17, 15) is 0 Å². The molecule has 2 heterocycles. The van der Waals surface area contributed by atoms with E-state index in [2.05, 4.69) is 23.7 Å². The molecule has 1 aromatic carbocycles. The predicted molar refractivity (Wildman–Crippen MR) is 97.2 cm³/mol. The van der Waals surface area contributed by atoms with Crippen molar-refractivity contribution in [3.63, 3.8) is 0 Å². The van der Waals surface area contributed by atoms with Crippen molar-refractivity contribution in [1.82, 2.24) is 15.2 Å². The molecular weight excluding hydrogens is 345 g/mol. The van der Waals surface area contributed by atoms with Gasteiger partial charge in [0, 0.05) is 44.0 Å².